The third-order valence-electron chi connectivity index (χ3n) is 0.566. The molecule has 0 spiro atoms. The van der Waals surface area contributed by atoms with Gasteiger partial charge in [0.05, 0.1) is 0 Å². The smallest absolute Gasteiger partial charge is 0.265 e. The molecule has 0 amide bonds. The summed E-state index contributed by atoms with van der Waals surface area (Å²) in [5, 5.41) is 0. The molecule has 1 aromatic heterocycles. The molecule has 0 aliphatic heterocycles. The van der Waals surface area contributed by atoms with Crippen molar-refractivity contribution in [2.75, 3.05) is 0 Å². The molecule has 0 fully saturated rings. The zero-order valence-corrected chi connectivity index (χ0v) is 5.96. The first-order valence-electron chi connectivity index (χ1n) is 1.85. The van der Waals surface area contributed by atoms with E-state index in [1.165, 1.54) is 0 Å². The normalized spacial score (nSPS) is 6.86. The van der Waals surface area contributed by atoms with Crippen molar-refractivity contribution in [2.45, 2.75) is 0 Å². The van der Waals surface area contributed by atoms with Gasteiger partial charge in [0.1, 0.15) is 0 Å². The van der Waals surface area contributed by atoms with Crippen LogP contribution >= 0.6 is 0 Å². The number of pyridine rings is 1. The van der Waals surface area contributed by atoms with Crippen molar-refractivity contribution in [2.24, 2.45) is 0 Å². The quantitative estimate of drug-likeness (QED) is 0.657. The van der Waals surface area contributed by atoms with Crippen molar-refractivity contribution in [1.82, 2.24) is 4.98 Å². The Morgan fingerprint density at radius 1 is 0.857 bits per heavy atom. The van der Waals surface area contributed by atoms with Crippen molar-refractivity contribution in [3.8, 4) is 0 Å². The Morgan fingerprint density at radius 3 is 1.57 bits per heavy atom. The molecule has 1 heterocycles. The Kier molecular flexibility index (Phi) is 4.94. The van der Waals surface area contributed by atoms with Crippen molar-refractivity contribution in [1.29, 1.82) is 0 Å². The molecule has 0 aliphatic rings. The zero-order chi connectivity index (χ0) is 4.24. The summed E-state index contributed by atoms with van der Waals surface area (Å²) in [6.45, 7) is 0. The van der Waals surface area contributed by atoms with Crippen LogP contribution in [0.3, 0.4) is 0 Å². The number of hydrogen-bond acceptors (Lipinski definition) is 1. The SMILES string of the molecule is [Gd+3].c1ccncc1. The van der Waals surface area contributed by atoms with Crippen LogP contribution in [0.15, 0.2) is 30.6 Å². The summed E-state index contributed by atoms with van der Waals surface area (Å²) in [6.07, 6.45) is 3.50. The van der Waals surface area contributed by atoms with Crippen LogP contribution in [0.25, 0.3) is 0 Å². The van der Waals surface area contributed by atoms with Gasteiger partial charge in [0.25, 0.3) is 0 Å². The third kappa shape index (κ3) is 3.09. The van der Waals surface area contributed by atoms with Gasteiger partial charge in [-0.3, -0.25) is 4.98 Å². The van der Waals surface area contributed by atoms with E-state index >= 15 is 0 Å². The topological polar surface area (TPSA) is 12.9 Å². The van der Waals surface area contributed by atoms with E-state index in [0.29, 0.717) is 0 Å². The minimum absolute atomic E-state index is 0. The van der Waals surface area contributed by atoms with E-state index in [-0.39, 0.29) is 39.9 Å². The van der Waals surface area contributed by atoms with Gasteiger partial charge in [-0.25, -0.2) is 0 Å². The van der Waals surface area contributed by atoms with E-state index in [4.69, 9.17) is 0 Å². The molecular formula is C5H5GdN+3. The molecule has 7 heavy (non-hydrogen) atoms. The third-order valence-corrected chi connectivity index (χ3v) is 0.566. The summed E-state index contributed by atoms with van der Waals surface area (Å²) < 4.78 is 0. The summed E-state index contributed by atoms with van der Waals surface area (Å²) in [6, 6.07) is 5.72. The van der Waals surface area contributed by atoms with E-state index in [1.807, 2.05) is 18.2 Å². The first-order valence-corrected chi connectivity index (χ1v) is 1.85. The first-order chi connectivity index (χ1) is 3.00. The average molecular weight is 236 g/mol. The summed E-state index contributed by atoms with van der Waals surface area (Å²) in [5.41, 5.74) is 0. The molecule has 35 valence electrons. The Bertz CT molecular complexity index is 80.0. The number of aromatic nitrogens is 1. The van der Waals surface area contributed by atoms with Gasteiger partial charge in [-0.05, 0) is 12.1 Å². The van der Waals surface area contributed by atoms with Crippen molar-refractivity contribution < 1.29 is 39.9 Å². The van der Waals surface area contributed by atoms with Crippen LogP contribution in [0.5, 0.6) is 0 Å². The van der Waals surface area contributed by atoms with Crippen LogP contribution < -0.4 is 0 Å². The predicted octanol–water partition coefficient (Wildman–Crippen LogP) is 1.08. The van der Waals surface area contributed by atoms with Crippen LogP contribution in [0.1, 0.15) is 0 Å². The van der Waals surface area contributed by atoms with E-state index in [0.717, 1.165) is 0 Å². The van der Waals surface area contributed by atoms with Crippen LogP contribution in [0.2, 0.25) is 0 Å². The van der Waals surface area contributed by atoms with Crippen LogP contribution in [0.4, 0.5) is 0 Å². The van der Waals surface area contributed by atoms with Gasteiger partial charge in [0, 0.05) is 12.4 Å². The summed E-state index contributed by atoms with van der Waals surface area (Å²) in [5.74, 6) is 0. The molecule has 0 unspecified atom stereocenters. The van der Waals surface area contributed by atoms with E-state index in [1.54, 1.807) is 12.4 Å². The molecule has 1 radical (unpaired) electrons. The van der Waals surface area contributed by atoms with Gasteiger partial charge in [-0.15, -0.1) is 0 Å². The maximum Gasteiger partial charge on any atom is 3.00 e. The van der Waals surface area contributed by atoms with Gasteiger partial charge in [0.2, 0.25) is 0 Å². The summed E-state index contributed by atoms with van der Waals surface area (Å²) in [4.78, 5) is 3.78. The predicted molar refractivity (Wildman–Crippen MR) is 24.2 cm³/mol. The second-order valence-electron chi connectivity index (χ2n) is 1.02. The zero-order valence-electron chi connectivity index (χ0n) is 3.69. The molecule has 0 N–H and O–H groups in total. The molecule has 2 heteroatoms. The maximum absolute atomic E-state index is 3.78. The molecule has 0 saturated heterocycles. The van der Waals surface area contributed by atoms with Crippen molar-refractivity contribution in [3.05, 3.63) is 30.6 Å². The van der Waals surface area contributed by atoms with Crippen molar-refractivity contribution in [3.63, 3.8) is 0 Å². The molecule has 0 aliphatic carbocycles. The molecule has 0 atom stereocenters. The summed E-state index contributed by atoms with van der Waals surface area (Å²) in [7, 11) is 0. The number of rotatable bonds is 0. The van der Waals surface area contributed by atoms with Gasteiger partial charge in [-0.1, -0.05) is 6.07 Å². The summed E-state index contributed by atoms with van der Waals surface area (Å²) >= 11 is 0. The van der Waals surface area contributed by atoms with Crippen LogP contribution in [-0.4, -0.2) is 4.98 Å². The van der Waals surface area contributed by atoms with Gasteiger partial charge >= 0.3 is 39.9 Å². The van der Waals surface area contributed by atoms with Crippen LogP contribution in [0, 0.1) is 39.9 Å². The van der Waals surface area contributed by atoms with E-state index < -0.39 is 0 Å². The Morgan fingerprint density at radius 2 is 1.43 bits per heavy atom. The standard InChI is InChI=1S/C5H5N.Gd/c1-2-4-6-5-3-1;/h1-5H;/q;+3. The molecule has 0 saturated carbocycles. The minimum atomic E-state index is 0. The molecule has 0 bridgehead atoms. The van der Waals surface area contributed by atoms with E-state index in [2.05, 4.69) is 4.98 Å². The molecule has 0 aromatic carbocycles. The second kappa shape index (κ2) is 4.63. The Hall–Kier alpha value is 0.475. The second-order valence-corrected chi connectivity index (χ2v) is 1.02. The van der Waals surface area contributed by atoms with Gasteiger partial charge in [-0.2, -0.15) is 0 Å². The fourth-order valence-corrected chi connectivity index (χ4v) is 0.313. The monoisotopic (exact) mass is 237 g/mol. The van der Waals surface area contributed by atoms with Crippen LogP contribution in [-0.2, 0) is 0 Å². The maximum atomic E-state index is 3.78. The fraction of sp³-hybridized carbons (Fsp3) is 0. The Balaban J connectivity index is 0.000000360. The Labute approximate surface area is 74.8 Å². The van der Waals surface area contributed by atoms with Crippen molar-refractivity contribution >= 4 is 0 Å². The molecule has 1 nitrogen and oxygen atoms in total. The number of nitrogens with zero attached hydrogens (tertiary/aromatic N) is 1. The van der Waals surface area contributed by atoms with Gasteiger partial charge in [0.15, 0.2) is 0 Å². The van der Waals surface area contributed by atoms with E-state index in [9.17, 15) is 0 Å². The van der Waals surface area contributed by atoms with Gasteiger partial charge < -0.3 is 0 Å². The largest absolute Gasteiger partial charge is 3.00 e. The molecule has 1 aromatic rings. The molecule has 1 rings (SSSR count). The molecular weight excluding hydrogens is 231 g/mol. The minimum Gasteiger partial charge on any atom is -0.265 e. The first kappa shape index (κ1) is 7.47. The number of hydrogen-bond donors (Lipinski definition) is 0. The fourth-order valence-electron chi connectivity index (χ4n) is 0.313. The average Bonchev–Trinajstić information content (AvgIpc) is 1.72.